The van der Waals surface area contributed by atoms with Crippen LogP contribution in [0, 0.1) is 18.2 Å². The standard InChI is InChI=1S/C25H34FN5O2/c1-19-13-22(28-18-27-19)31-12-9-25(33,17-31)16-30(3)23(32)24(7-10-29(2)11-8-24)15-20-5-4-6-21(26)14-20/h4-6,13-14,18,33H,7-12,15-17H2,1-3H3/t25-/m1/s1. The number of hydrogen-bond donors (Lipinski definition) is 1. The SMILES string of the molecule is Cc1cc(N2CC[C@@](O)(CN(C)C(=O)C3(Cc4cccc(F)c4)CCN(C)CC3)C2)ncn1. The number of carbonyl (C=O) groups excluding carboxylic acids is 1. The summed E-state index contributed by atoms with van der Waals surface area (Å²) in [5.41, 5.74) is 0.123. The predicted molar refractivity (Wildman–Crippen MR) is 125 cm³/mol. The van der Waals surface area contributed by atoms with Gasteiger partial charge in [-0.2, -0.15) is 0 Å². The molecule has 1 atom stereocenters. The van der Waals surface area contributed by atoms with Crippen LogP contribution in [0.4, 0.5) is 10.2 Å². The molecular formula is C25H34FN5O2. The summed E-state index contributed by atoms with van der Waals surface area (Å²) in [7, 11) is 3.84. The van der Waals surface area contributed by atoms with Crippen molar-refractivity contribution in [3.8, 4) is 0 Å². The molecule has 4 rings (SSSR count). The number of rotatable bonds is 6. The number of halogens is 1. The molecule has 178 valence electrons. The molecule has 2 fully saturated rings. The number of aromatic nitrogens is 2. The molecule has 8 heteroatoms. The van der Waals surface area contributed by atoms with Crippen molar-refractivity contribution < 1.29 is 14.3 Å². The molecule has 2 saturated heterocycles. The molecule has 33 heavy (non-hydrogen) atoms. The Kier molecular flexibility index (Phi) is 6.68. The average molecular weight is 456 g/mol. The van der Waals surface area contributed by atoms with E-state index < -0.39 is 11.0 Å². The molecule has 1 aromatic carbocycles. The maximum Gasteiger partial charge on any atom is 0.229 e. The van der Waals surface area contributed by atoms with Gasteiger partial charge in [0.15, 0.2) is 0 Å². The zero-order valence-electron chi connectivity index (χ0n) is 19.8. The lowest BCUT2D eigenvalue weighted by molar-refractivity contribution is -0.146. The maximum absolute atomic E-state index is 13.8. The van der Waals surface area contributed by atoms with Crippen LogP contribution < -0.4 is 4.90 Å². The lowest BCUT2D eigenvalue weighted by Gasteiger charge is -2.43. The Morgan fingerprint density at radius 2 is 1.94 bits per heavy atom. The maximum atomic E-state index is 13.8. The third kappa shape index (κ3) is 5.33. The molecule has 2 aromatic rings. The van der Waals surface area contributed by atoms with Crippen molar-refractivity contribution >= 4 is 11.7 Å². The molecule has 0 unspecified atom stereocenters. The topological polar surface area (TPSA) is 72.8 Å². The van der Waals surface area contributed by atoms with Crippen LogP contribution in [0.2, 0.25) is 0 Å². The molecular weight excluding hydrogens is 421 g/mol. The van der Waals surface area contributed by atoms with Crippen molar-refractivity contribution in [1.29, 1.82) is 0 Å². The number of likely N-dealkylation sites (N-methyl/N-ethyl adjacent to an activating group) is 1. The summed E-state index contributed by atoms with van der Waals surface area (Å²) in [5.74, 6) is 0.548. The summed E-state index contributed by atoms with van der Waals surface area (Å²) >= 11 is 0. The zero-order valence-corrected chi connectivity index (χ0v) is 19.8. The van der Waals surface area contributed by atoms with E-state index in [0.29, 0.717) is 38.8 Å². The van der Waals surface area contributed by atoms with Gasteiger partial charge in [0, 0.05) is 31.9 Å². The number of hydrogen-bond acceptors (Lipinski definition) is 6. The van der Waals surface area contributed by atoms with E-state index >= 15 is 0 Å². The number of amides is 1. The highest BCUT2D eigenvalue weighted by Crippen LogP contribution is 2.38. The highest BCUT2D eigenvalue weighted by Gasteiger charge is 2.45. The fraction of sp³-hybridized carbons (Fsp3) is 0.560. The van der Waals surface area contributed by atoms with Gasteiger partial charge < -0.3 is 19.8 Å². The van der Waals surface area contributed by atoms with E-state index in [1.54, 1.807) is 18.0 Å². The first-order chi connectivity index (χ1) is 15.7. The van der Waals surface area contributed by atoms with E-state index in [9.17, 15) is 14.3 Å². The van der Waals surface area contributed by atoms with Crippen LogP contribution in [0.1, 0.15) is 30.5 Å². The Balaban J connectivity index is 1.48. The monoisotopic (exact) mass is 455 g/mol. The zero-order chi connectivity index (χ0) is 23.6. The normalized spacial score (nSPS) is 23.0. The van der Waals surface area contributed by atoms with Gasteiger partial charge in [0.25, 0.3) is 0 Å². The lowest BCUT2D eigenvalue weighted by Crippen LogP contribution is -2.53. The van der Waals surface area contributed by atoms with Crippen molar-refractivity contribution in [1.82, 2.24) is 19.8 Å². The first-order valence-electron chi connectivity index (χ1n) is 11.6. The van der Waals surface area contributed by atoms with Crippen LogP contribution in [-0.2, 0) is 11.2 Å². The molecule has 0 aliphatic carbocycles. The van der Waals surface area contributed by atoms with Crippen molar-refractivity contribution in [3.05, 3.63) is 53.7 Å². The van der Waals surface area contributed by atoms with Gasteiger partial charge >= 0.3 is 0 Å². The van der Waals surface area contributed by atoms with Crippen molar-refractivity contribution in [2.45, 2.75) is 38.2 Å². The first-order valence-corrected chi connectivity index (χ1v) is 11.6. The van der Waals surface area contributed by atoms with E-state index in [2.05, 4.69) is 21.9 Å². The van der Waals surface area contributed by atoms with E-state index in [1.165, 1.54) is 18.5 Å². The number of nitrogens with zero attached hydrogens (tertiary/aromatic N) is 5. The Morgan fingerprint density at radius 1 is 1.18 bits per heavy atom. The molecule has 1 amide bonds. The summed E-state index contributed by atoms with van der Waals surface area (Å²) in [6.07, 6.45) is 4.04. The molecule has 3 heterocycles. The van der Waals surface area contributed by atoms with Gasteiger partial charge in [-0.25, -0.2) is 14.4 Å². The molecule has 1 N–H and O–H groups in total. The van der Waals surface area contributed by atoms with Crippen molar-refractivity contribution in [2.24, 2.45) is 5.41 Å². The second kappa shape index (κ2) is 9.35. The number of aryl methyl sites for hydroxylation is 1. The highest BCUT2D eigenvalue weighted by atomic mass is 19.1. The minimum atomic E-state index is -1.01. The molecule has 0 bridgehead atoms. The largest absolute Gasteiger partial charge is 0.386 e. The van der Waals surface area contributed by atoms with Gasteiger partial charge in [-0.1, -0.05) is 12.1 Å². The van der Waals surface area contributed by atoms with Crippen LogP contribution in [-0.4, -0.2) is 83.2 Å². The number of likely N-dealkylation sites (tertiary alicyclic amines) is 1. The number of anilines is 1. The van der Waals surface area contributed by atoms with Crippen LogP contribution in [0.15, 0.2) is 36.7 Å². The van der Waals surface area contributed by atoms with E-state index in [0.717, 1.165) is 30.2 Å². The van der Waals surface area contributed by atoms with Gasteiger partial charge in [0.05, 0.1) is 12.0 Å². The molecule has 0 saturated carbocycles. The van der Waals surface area contributed by atoms with Gasteiger partial charge in [-0.05, 0) is 70.4 Å². The quantitative estimate of drug-likeness (QED) is 0.721. The predicted octanol–water partition coefficient (Wildman–Crippen LogP) is 2.28. The van der Waals surface area contributed by atoms with Crippen molar-refractivity contribution in [2.75, 3.05) is 51.7 Å². The van der Waals surface area contributed by atoms with E-state index in [-0.39, 0.29) is 18.3 Å². The lowest BCUT2D eigenvalue weighted by atomic mass is 9.72. The summed E-state index contributed by atoms with van der Waals surface area (Å²) in [6, 6.07) is 8.46. The summed E-state index contributed by atoms with van der Waals surface area (Å²) in [6.45, 7) is 4.90. The highest BCUT2D eigenvalue weighted by molar-refractivity contribution is 5.83. The molecule has 7 nitrogen and oxygen atoms in total. The fourth-order valence-corrected chi connectivity index (χ4v) is 5.26. The number of benzene rings is 1. The number of carbonyl (C=O) groups is 1. The van der Waals surface area contributed by atoms with Gasteiger partial charge in [-0.15, -0.1) is 0 Å². The Labute approximate surface area is 195 Å². The minimum Gasteiger partial charge on any atom is -0.386 e. The Bertz CT molecular complexity index is 994. The van der Waals surface area contributed by atoms with Crippen molar-refractivity contribution in [3.63, 3.8) is 0 Å². The van der Waals surface area contributed by atoms with Gasteiger partial charge in [0.1, 0.15) is 23.6 Å². The minimum absolute atomic E-state index is 0.0321. The Morgan fingerprint density at radius 3 is 2.64 bits per heavy atom. The molecule has 1 aromatic heterocycles. The smallest absolute Gasteiger partial charge is 0.229 e. The Hall–Kier alpha value is -2.58. The van der Waals surface area contributed by atoms with Crippen LogP contribution in [0.25, 0.3) is 0 Å². The van der Waals surface area contributed by atoms with Crippen LogP contribution >= 0.6 is 0 Å². The summed E-state index contributed by atoms with van der Waals surface area (Å²) in [5, 5.41) is 11.3. The van der Waals surface area contributed by atoms with Gasteiger partial charge in [0.2, 0.25) is 5.91 Å². The number of aliphatic hydroxyl groups is 1. The first kappa shape index (κ1) is 23.6. The summed E-state index contributed by atoms with van der Waals surface area (Å²) in [4.78, 5) is 28.3. The third-order valence-corrected chi connectivity index (χ3v) is 7.15. The van der Waals surface area contributed by atoms with Gasteiger partial charge in [-0.3, -0.25) is 4.79 Å². The molecule has 2 aliphatic rings. The fourth-order valence-electron chi connectivity index (χ4n) is 5.26. The van der Waals surface area contributed by atoms with Crippen LogP contribution in [0.5, 0.6) is 0 Å². The van der Waals surface area contributed by atoms with E-state index in [1.807, 2.05) is 24.0 Å². The van der Waals surface area contributed by atoms with E-state index in [4.69, 9.17) is 0 Å². The second-order valence-corrected chi connectivity index (χ2v) is 9.97. The second-order valence-electron chi connectivity index (χ2n) is 9.97. The van der Waals surface area contributed by atoms with Crippen LogP contribution in [0.3, 0.4) is 0 Å². The summed E-state index contributed by atoms with van der Waals surface area (Å²) < 4.78 is 13.8. The molecule has 0 spiro atoms. The number of β-amino-alcohol motifs (C(OH)–C–C–N with tert-alkyl or cyclic N) is 1. The third-order valence-electron chi connectivity index (χ3n) is 7.15. The molecule has 2 aliphatic heterocycles. The number of piperidine rings is 1. The molecule has 0 radical (unpaired) electrons. The average Bonchev–Trinajstić information content (AvgIpc) is 3.16.